The van der Waals surface area contributed by atoms with Gasteiger partial charge in [0.25, 0.3) is 0 Å². The molecule has 1 aliphatic rings. The van der Waals surface area contributed by atoms with Crippen LogP contribution in [0.5, 0.6) is 0 Å². The van der Waals surface area contributed by atoms with Crippen LogP contribution in [0.4, 0.5) is 11.5 Å². The highest BCUT2D eigenvalue weighted by molar-refractivity contribution is 5.96. The smallest absolute Gasteiger partial charge is 0.337 e. The summed E-state index contributed by atoms with van der Waals surface area (Å²) in [6.45, 7) is 5.15. The molecule has 6 heteroatoms. The molecule has 1 saturated heterocycles. The molecule has 0 aromatic carbocycles. The van der Waals surface area contributed by atoms with Gasteiger partial charge in [0, 0.05) is 25.8 Å². The van der Waals surface area contributed by atoms with E-state index in [1.165, 1.54) is 18.7 Å². The van der Waals surface area contributed by atoms with Gasteiger partial charge in [0.1, 0.15) is 0 Å². The van der Waals surface area contributed by atoms with Gasteiger partial charge < -0.3 is 15.7 Å². The van der Waals surface area contributed by atoms with E-state index in [1.807, 2.05) is 11.9 Å². The van der Waals surface area contributed by atoms with Crippen LogP contribution in [0.15, 0.2) is 12.3 Å². The molecular weight excluding hydrogens is 256 g/mol. The zero-order valence-electron chi connectivity index (χ0n) is 12.0. The molecule has 3 N–H and O–H groups in total. The quantitative estimate of drug-likeness (QED) is 0.844. The molecule has 1 aromatic rings. The molecule has 1 atom stereocenters. The molecule has 0 bridgehead atoms. The molecule has 1 unspecified atom stereocenters. The lowest BCUT2D eigenvalue weighted by Gasteiger charge is -2.29. The van der Waals surface area contributed by atoms with Crippen molar-refractivity contribution in [2.75, 3.05) is 37.3 Å². The number of pyridine rings is 1. The maximum atomic E-state index is 11.1. The first-order valence-electron chi connectivity index (χ1n) is 6.97. The number of anilines is 2. The number of likely N-dealkylation sites (tertiary alicyclic amines) is 1. The first-order chi connectivity index (χ1) is 9.54. The zero-order valence-corrected chi connectivity index (χ0v) is 12.0. The molecule has 6 nitrogen and oxygen atoms in total. The Morgan fingerprint density at radius 2 is 2.40 bits per heavy atom. The lowest BCUT2D eigenvalue weighted by Crippen LogP contribution is -2.39. The Labute approximate surface area is 119 Å². The van der Waals surface area contributed by atoms with Crippen molar-refractivity contribution in [2.45, 2.75) is 25.8 Å². The van der Waals surface area contributed by atoms with Crippen molar-refractivity contribution >= 4 is 17.5 Å². The average Bonchev–Trinajstić information content (AvgIpc) is 2.85. The van der Waals surface area contributed by atoms with E-state index in [-0.39, 0.29) is 11.3 Å². The molecule has 1 fully saturated rings. The van der Waals surface area contributed by atoms with Crippen LogP contribution in [-0.4, -0.2) is 53.7 Å². The molecule has 20 heavy (non-hydrogen) atoms. The number of carbonyl (C=O) groups is 1. The minimum Gasteiger partial charge on any atom is -0.478 e. The van der Waals surface area contributed by atoms with Gasteiger partial charge in [-0.1, -0.05) is 6.92 Å². The van der Waals surface area contributed by atoms with Crippen molar-refractivity contribution in [2.24, 2.45) is 0 Å². The van der Waals surface area contributed by atoms with E-state index in [9.17, 15) is 4.79 Å². The highest BCUT2D eigenvalue weighted by atomic mass is 16.4. The lowest BCUT2D eigenvalue weighted by molar-refractivity contribution is 0.0698. The maximum absolute atomic E-state index is 11.1. The lowest BCUT2D eigenvalue weighted by atomic mass is 10.2. The summed E-state index contributed by atoms with van der Waals surface area (Å²) < 4.78 is 0. The van der Waals surface area contributed by atoms with Gasteiger partial charge in [-0.25, -0.2) is 9.78 Å². The fraction of sp³-hybridized carbons (Fsp3) is 0.571. The molecular formula is C14H22N4O2. The van der Waals surface area contributed by atoms with E-state index in [0.717, 1.165) is 26.1 Å². The fourth-order valence-electron chi connectivity index (χ4n) is 2.87. The van der Waals surface area contributed by atoms with Crippen molar-refractivity contribution < 1.29 is 9.90 Å². The molecule has 0 radical (unpaired) electrons. The Morgan fingerprint density at radius 1 is 1.65 bits per heavy atom. The Hall–Kier alpha value is -1.82. The number of hydrogen-bond acceptors (Lipinski definition) is 5. The van der Waals surface area contributed by atoms with E-state index < -0.39 is 5.97 Å². The summed E-state index contributed by atoms with van der Waals surface area (Å²) in [7, 11) is 1.91. The maximum Gasteiger partial charge on any atom is 0.337 e. The summed E-state index contributed by atoms with van der Waals surface area (Å²) in [4.78, 5) is 19.7. The minimum absolute atomic E-state index is 0.112. The van der Waals surface area contributed by atoms with Gasteiger partial charge in [0.05, 0.1) is 11.3 Å². The van der Waals surface area contributed by atoms with Gasteiger partial charge in [-0.05, 0) is 32.0 Å². The monoisotopic (exact) mass is 278 g/mol. The van der Waals surface area contributed by atoms with Crippen LogP contribution in [0.25, 0.3) is 0 Å². The molecule has 0 saturated carbocycles. The van der Waals surface area contributed by atoms with Crippen molar-refractivity contribution in [3.05, 3.63) is 17.8 Å². The van der Waals surface area contributed by atoms with Crippen molar-refractivity contribution in [3.63, 3.8) is 0 Å². The number of rotatable bonds is 5. The van der Waals surface area contributed by atoms with Crippen LogP contribution < -0.4 is 10.6 Å². The van der Waals surface area contributed by atoms with Crippen molar-refractivity contribution in [1.82, 2.24) is 9.88 Å². The first-order valence-corrected chi connectivity index (χ1v) is 6.97. The van der Waals surface area contributed by atoms with Crippen LogP contribution in [0, 0.1) is 0 Å². The van der Waals surface area contributed by atoms with E-state index in [1.54, 1.807) is 0 Å². The molecule has 2 heterocycles. The number of nitrogen functional groups attached to an aromatic ring is 1. The highest BCUT2D eigenvalue weighted by Gasteiger charge is 2.25. The molecule has 1 aromatic heterocycles. The van der Waals surface area contributed by atoms with Gasteiger partial charge >= 0.3 is 5.97 Å². The van der Waals surface area contributed by atoms with Crippen LogP contribution in [0.3, 0.4) is 0 Å². The summed E-state index contributed by atoms with van der Waals surface area (Å²) in [5, 5.41) is 9.10. The standard InChI is InChI=1S/C14H22N4O2/c1-3-18-8-4-5-10(18)9-17(2)13-12(15)11(14(19)20)6-7-16-13/h6-7,10H,3-5,8-9,15H2,1-2H3,(H,19,20). The van der Waals surface area contributed by atoms with Crippen molar-refractivity contribution in [1.29, 1.82) is 0 Å². The van der Waals surface area contributed by atoms with E-state index in [4.69, 9.17) is 10.8 Å². The topological polar surface area (TPSA) is 82.7 Å². The highest BCUT2D eigenvalue weighted by Crippen LogP contribution is 2.25. The Balaban J connectivity index is 2.15. The number of hydrogen-bond donors (Lipinski definition) is 2. The number of likely N-dealkylation sites (N-methyl/N-ethyl adjacent to an activating group) is 2. The third-order valence-corrected chi connectivity index (χ3v) is 3.95. The Bertz CT molecular complexity index is 492. The molecule has 1 aliphatic heterocycles. The van der Waals surface area contributed by atoms with Crippen LogP contribution in [0.2, 0.25) is 0 Å². The van der Waals surface area contributed by atoms with Crippen LogP contribution >= 0.6 is 0 Å². The predicted molar refractivity (Wildman–Crippen MR) is 79.1 cm³/mol. The summed E-state index contributed by atoms with van der Waals surface area (Å²) in [5.41, 5.74) is 6.28. The summed E-state index contributed by atoms with van der Waals surface area (Å²) >= 11 is 0. The summed E-state index contributed by atoms with van der Waals surface area (Å²) in [5.74, 6) is -0.469. The van der Waals surface area contributed by atoms with Crippen LogP contribution in [0.1, 0.15) is 30.1 Å². The minimum atomic E-state index is -1.02. The Kier molecular flexibility index (Phi) is 4.44. The number of aromatic nitrogens is 1. The molecule has 0 spiro atoms. The van der Waals surface area contributed by atoms with Gasteiger partial charge in [0.15, 0.2) is 5.82 Å². The number of nitrogens with zero attached hydrogens (tertiary/aromatic N) is 3. The number of carboxylic acids is 1. The normalized spacial score (nSPS) is 19.2. The van der Waals surface area contributed by atoms with Gasteiger partial charge in [-0.2, -0.15) is 0 Å². The first kappa shape index (κ1) is 14.6. The number of carboxylic acid groups (broad SMARTS) is 1. The second-order valence-corrected chi connectivity index (χ2v) is 5.21. The average molecular weight is 278 g/mol. The molecule has 2 rings (SSSR count). The summed E-state index contributed by atoms with van der Waals surface area (Å²) in [6.07, 6.45) is 3.87. The van der Waals surface area contributed by atoms with E-state index >= 15 is 0 Å². The van der Waals surface area contributed by atoms with Gasteiger partial charge in [-0.15, -0.1) is 0 Å². The predicted octanol–water partition coefficient (Wildman–Crippen LogP) is 1.28. The number of aromatic carboxylic acids is 1. The van der Waals surface area contributed by atoms with Crippen LogP contribution in [-0.2, 0) is 0 Å². The second-order valence-electron chi connectivity index (χ2n) is 5.21. The van der Waals surface area contributed by atoms with Gasteiger partial charge in [0.2, 0.25) is 0 Å². The molecule has 0 aliphatic carbocycles. The van der Waals surface area contributed by atoms with E-state index in [2.05, 4.69) is 16.8 Å². The third-order valence-electron chi connectivity index (χ3n) is 3.95. The third kappa shape index (κ3) is 2.85. The summed E-state index contributed by atoms with van der Waals surface area (Å²) in [6, 6.07) is 1.92. The SMILES string of the molecule is CCN1CCCC1CN(C)c1nccc(C(=O)O)c1N. The van der Waals surface area contributed by atoms with Gasteiger partial charge in [-0.3, -0.25) is 4.90 Å². The molecule has 0 amide bonds. The fourth-order valence-corrected chi connectivity index (χ4v) is 2.87. The van der Waals surface area contributed by atoms with E-state index in [0.29, 0.717) is 11.9 Å². The molecule has 110 valence electrons. The second kappa shape index (κ2) is 6.09. The Morgan fingerprint density at radius 3 is 3.05 bits per heavy atom. The number of nitrogens with two attached hydrogens (primary N) is 1. The zero-order chi connectivity index (χ0) is 14.7. The van der Waals surface area contributed by atoms with Crippen molar-refractivity contribution in [3.8, 4) is 0 Å². The largest absolute Gasteiger partial charge is 0.478 e.